The molecule has 0 bridgehead atoms. The number of para-hydroxylation sites is 1. The Morgan fingerprint density at radius 2 is 2.12 bits per heavy atom. The van der Waals surface area contributed by atoms with Gasteiger partial charge in [0, 0.05) is 17.7 Å². The van der Waals surface area contributed by atoms with Crippen LogP contribution >= 0.6 is 0 Å². The summed E-state index contributed by atoms with van der Waals surface area (Å²) in [5.41, 5.74) is 0.305. The number of anilines is 1. The summed E-state index contributed by atoms with van der Waals surface area (Å²) in [5, 5.41) is 6.09. The summed E-state index contributed by atoms with van der Waals surface area (Å²) >= 11 is 0. The molecule has 126 valence electrons. The Kier molecular flexibility index (Phi) is 3.46. The van der Waals surface area contributed by atoms with E-state index in [1.165, 1.54) is 0 Å². The van der Waals surface area contributed by atoms with Crippen LogP contribution in [0.3, 0.4) is 0 Å². The third-order valence-corrected chi connectivity index (χ3v) is 5.51. The molecular weight excluding hydrogens is 308 g/mol. The molecule has 6 nitrogen and oxygen atoms in total. The normalized spacial score (nSPS) is 34.0. The molecule has 4 atom stereocenters. The molecule has 0 aromatic heterocycles. The van der Waals surface area contributed by atoms with Gasteiger partial charge in [0.25, 0.3) is 0 Å². The highest BCUT2D eigenvalue weighted by Crippen LogP contribution is 2.52. The number of amides is 1. The number of nitrogens with one attached hydrogen (secondary N) is 2. The monoisotopic (exact) mass is 328 g/mol. The first-order chi connectivity index (χ1) is 11.6. The van der Waals surface area contributed by atoms with Crippen LogP contribution in [0.5, 0.6) is 0 Å². The van der Waals surface area contributed by atoms with Crippen molar-refractivity contribution >= 4 is 23.3 Å². The largest absolute Gasteiger partial charge is 0.465 e. The third-order valence-electron chi connectivity index (χ3n) is 5.51. The van der Waals surface area contributed by atoms with Crippen molar-refractivity contribution in [3.05, 3.63) is 29.8 Å². The number of benzene rings is 1. The van der Waals surface area contributed by atoms with Crippen molar-refractivity contribution in [1.82, 2.24) is 5.32 Å². The number of ketones is 1. The molecule has 1 amide bonds. The maximum atomic E-state index is 12.9. The molecule has 1 aromatic carbocycles. The van der Waals surface area contributed by atoms with E-state index in [0.29, 0.717) is 12.1 Å². The zero-order valence-corrected chi connectivity index (χ0v) is 13.5. The molecule has 1 aliphatic carbocycles. The topological polar surface area (TPSA) is 84.5 Å². The van der Waals surface area contributed by atoms with E-state index in [1.54, 1.807) is 6.92 Å². The lowest BCUT2D eigenvalue weighted by molar-refractivity contribution is -0.146. The number of carbonyl (C=O) groups is 3. The number of esters is 1. The molecule has 0 radical (unpaired) electrons. The predicted molar refractivity (Wildman–Crippen MR) is 86.1 cm³/mol. The van der Waals surface area contributed by atoms with Gasteiger partial charge >= 0.3 is 5.97 Å². The zero-order valence-electron chi connectivity index (χ0n) is 13.5. The highest BCUT2D eigenvalue weighted by atomic mass is 16.5. The molecule has 1 saturated carbocycles. The SMILES string of the molecule is CCOC(=O)C1N[C@]2(C(=O)Nc3ccccc32)[C@H]2C(=O)CCC[C@@H]12. The van der Waals surface area contributed by atoms with E-state index in [0.717, 1.165) is 18.4 Å². The highest BCUT2D eigenvalue weighted by Gasteiger charge is 2.65. The van der Waals surface area contributed by atoms with Gasteiger partial charge in [0.2, 0.25) is 5.91 Å². The van der Waals surface area contributed by atoms with Gasteiger partial charge < -0.3 is 10.1 Å². The molecule has 24 heavy (non-hydrogen) atoms. The number of fused-ring (bicyclic) bond motifs is 4. The van der Waals surface area contributed by atoms with Gasteiger partial charge in [-0.1, -0.05) is 18.2 Å². The van der Waals surface area contributed by atoms with Crippen molar-refractivity contribution in [1.29, 1.82) is 0 Å². The number of Topliss-reactive ketones (excluding diaryl/α,β-unsaturated/α-hetero) is 1. The molecule has 1 aromatic rings. The molecule has 2 aliphatic heterocycles. The van der Waals surface area contributed by atoms with Crippen molar-refractivity contribution in [3.63, 3.8) is 0 Å². The minimum atomic E-state index is -1.16. The van der Waals surface area contributed by atoms with E-state index >= 15 is 0 Å². The third kappa shape index (κ3) is 1.89. The quantitative estimate of drug-likeness (QED) is 0.801. The molecule has 2 fully saturated rings. The van der Waals surface area contributed by atoms with Crippen molar-refractivity contribution in [2.24, 2.45) is 11.8 Å². The smallest absolute Gasteiger partial charge is 0.323 e. The fourth-order valence-electron chi connectivity index (χ4n) is 4.63. The average molecular weight is 328 g/mol. The van der Waals surface area contributed by atoms with Crippen LogP contribution in [-0.4, -0.2) is 30.3 Å². The predicted octanol–water partition coefficient (Wildman–Crippen LogP) is 1.35. The van der Waals surface area contributed by atoms with Gasteiger partial charge in [-0.15, -0.1) is 0 Å². The summed E-state index contributed by atoms with van der Waals surface area (Å²) in [5.74, 6) is -1.30. The van der Waals surface area contributed by atoms with Crippen LogP contribution in [0.25, 0.3) is 0 Å². The Labute approximate surface area is 139 Å². The van der Waals surface area contributed by atoms with Crippen molar-refractivity contribution in [2.75, 3.05) is 11.9 Å². The second-order valence-electron chi connectivity index (χ2n) is 6.68. The lowest BCUT2D eigenvalue weighted by Gasteiger charge is -2.33. The van der Waals surface area contributed by atoms with Crippen LogP contribution in [0.2, 0.25) is 0 Å². The number of rotatable bonds is 2. The fraction of sp³-hybridized carbons (Fsp3) is 0.500. The van der Waals surface area contributed by atoms with Gasteiger partial charge in [-0.2, -0.15) is 0 Å². The Hall–Kier alpha value is -2.21. The van der Waals surface area contributed by atoms with Gasteiger partial charge in [-0.25, -0.2) is 0 Å². The summed E-state index contributed by atoms with van der Waals surface area (Å²) in [6.45, 7) is 2.03. The van der Waals surface area contributed by atoms with Gasteiger partial charge in [-0.05, 0) is 31.7 Å². The van der Waals surface area contributed by atoms with Gasteiger partial charge in [-0.3, -0.25) is 19.7 Å². The van der Waals surface area contributed by atoms with Gasteiger partial charge in [0.15, 0.2) is 0 Å². The minimum absolute atomic E-state index is 0.0531. The molecule has 2 N–H and O–H groups in total. The van der Waals surface area contributed by atoms with Crippen LogP contribution in [-0.2, 0) is 24.7 Å². The van der Waals surface area contributed by atoms with Gasteiger partial charge in [0.05, 0.1) is 12.5 Å². The van der Waals surface area contributed by atoms with Gasteiger partial charge in [0.1, 0.15) is 17.4 Å². The van der Waals surface area contributed by atoms with Crippen LogP contribution < -0.4 is 10.6 Å². The van der Waals surface area contributed by atoms with Crippen LogP contribution in [0.1, 0.15) is 31.7 Å². The maximum Gasteiger partial charge on any atom is 0.323 e. The first-order valence-electron chi connectivity index (χ1n) is 8.47. The molecule has 1 spiro atoms. The zero-order chi connectivity index (χ0) is 16.9. The first-order valence-corrected chi connectivity index (χ1v) is 8.47. The first kappa shape index (κ1) is 15.3. The molecular formula is C18H20N2O4. The lowest BCUT2D eigenvalue weighted by Crippen LogP contribution is -2.52. The number of ether oxygens (including phenoxy) is 1. The maximum absolute atomic E-state index is 12.9. The van der Waals surface area contributed by atoms with Crippen molar-refractivity contribution in [3.8, 4) is 0 Å². The number of hydrogen-bond acceptors (Lipinski definition) is 5. The summed E-state index contributed by atoms with van der Waals surface area (Å²) in [6.07, 6.45) is 1.94. The van der Waals surface area contributed by atoms with Crippen LogP contribution in [0.15, 0.2) is 24.3 Å². The molecule has 3 aliphatic rings. The van der Waals surface area contributed by atoms with E-state index in [4.69, 9.17) is 4.74 Å². The number of hydrogen-bond donors (Lipinski definition) is 2. The Morgan fingerprint density at radius 3 is 2.92 bits per heavy atom. The highest BCUT2D eigenvalue weighted by molar-refractivity contribution is 6.10. The summed E-state index contributed by atoms with van der Waals surface area (Å²) in [6, 6.07) is 6.74. The van der Waals surface area contributed by atoms with Crippen LogP contribution in [0, 0.1) is 11.8 Å². The Morgan fingerprint density at radius 1 is 1.33 bits per heavy atom. The van der Waals surface area contributed by atoms with E-state index in [2.05, 4.69) is 10.6 Å². The fourth-order valence-corrected chi connectivity index (χ4v) is 4.63. The minimum Gasteiger partial charge on any atom is -0.465 e. The average Bonchev–Trinajstić information content (AvgIpc) is 3.06. The van der Waals surface area contributed by atoms with E-state index < -0.39 is 17.5 Å². The second-order valence-corrected chi connectivity index (χ2v) is 6.68. The van der Waals surface area contributed by atoms with Crippen LogP contribution in [0.4, 0.5) is 5.69 Å². The molecule has 2 heterocycles. The molecule has 4 rings (SSSR count). The van der Waals surface area contributed by atoms with E-state index in [1.807, 2.05) is 24.3 Å². The lowest BCUT2D eigenvalue weighted by atomic mass is 9.68. The van der Waals surface area contributed by atoms with E-state index in [-0.39, 0.29) is 30.2 Å². The van der Waals surface area contributed by atoms with Crippen molar-refractivity contribution < 1.29 is 19.1 Å². The molecule has 6 heteroatoms. The summed E-state index contributed by atoms with van der Waals surface area (Å²) < 4.78 is 5.19. The Balaban J connectivity index is 1.84. The second kappa shape index (κ2) is 5.41. The van der Waals surface area contributed by atoms with Crippen molar-refractivity contribution in [2.45, 2.75) is 37.8 Å². The van der Waals surface area contributed by atoms with E-state index in [9.17, 15) is 14.4 Å². The molecule has 1 unspecified atom stereocenters. The number of carbonyl (C=O) groups excluding carboxylic acids is 3. The summed E-state index contributed by atoms with van der Waals surface area (Å²) in [4.78, 5) is 38.1. The Bertz CT molecular complexity index is 731. The summed E-state index contributed by atoms with van der Waals surface area (Å²) in [7, 11) is 0. The molecule has 1 saturated heterocycles. The standard InChI is InChI=1S/C18H20N2O4/c1-2-24-16(22)15-10-6-5-9-13(21)14(10)18(20-15)11-7-3-4-8-12(11)19-17(18)23/h3-4,7-8,10,14-15,20H,2,5-6,9H2,1H3,(H,19,23)/t10-,14-,15?,18+/m1/s1.